The standard InChI is InChI=1S/C33H34N4O6/c1-7-20-19(6)32(42)37-27(20)14-25-18(5)23(10-12-31(40)41)29(35-25)15-28-22(9-11-30(38)39)17(4)24(34-28)13-26-16(3)21(8-2)33(43)36-26/h7-8,13-15,34-35H,1-2,9-12H2,3-6H3,(H,37,42)(H,38,39)(H,40,41)/b24-13-,27-14-,28-15?. The van der Waals surface area contributed by atoms with Gasteiger partial charge in [-0.3, -0.25) is 19.2 Å². The van der Waals surface area contributed by atoms with Crippen molar-refractivity contribution in [3.63, 3.8) is 0 Å². The lowest BCUT2D eigenvalue weighted by Gasteiger charge is -2.02. The average Bonchev–Trinajstić information content (AvgIpc) is 3.59. The molecule has 0 saturated carbocycles. The van der Waals surface area contributed by atoms with Crippen molar-refractivity contribution >= 4 is 47.7 Å². The summed E-state index contributed by atoms with van der Waals surface area (Å²) in [6, 6.07) is 0. The summed E-state index contributed by atoms with van der Waals surface area (Å²) < 4.78 is 0. The maximum Gasteiger partial charge on any atom is 0.303 e. The number of hydrogen-bond acceptors (Lipinski definition) is 4. The Morgan fingerprint density at radius 1 is 0.767 bits per heavy atom. The third kappa shape index (κ3) is 6.18. The molecule has 0 bridgehead atoms. The predicted molar refractivity (Wildman–Crippen MR) is 165 cm³/mol. The molecular weight excluding hydrogens is 548 g/mol. The number of nitrogens with one attached hydrogen (secondary N) is 3. The number of amides is 2. The number of aromatic amines is 2. The van der Waals surface area contributed by atoms with E-state index >= 15 is 0 Å². The number of aliphatic carboxylic acids is 2. The zero-order chi connectivity index (χ0) is 31.6. The lowest BCUT2D eigenvalue weighted by Crippen LogP contribution is -2.15. The smallest absolute Gasteiger partial charge is 0.303 e. The number of carbonyl (C=O) groups is 4. The topological polar surface area (TPSA) is 165 Å². The highest BCUT2D eigenvalue weighted by molar-refractivity contribution is 6.31. The SMILES string of the molecule is C=CC1=C(C)C(/C=c2\[nH]c(=Cc3[nH]c(/C=C4\NC(=O)C(C)=C4C=C)c(C)c3CCC(=O)O)c(CCC(=O)O)c2C)=NC1=O. The summed E-state index contributed by atoms with van der Waals surface area (Å²) in [6.07, 6.45) is 8.80. The molecule has 2 aliphatic rings. The number of rotatable bonds is 11. The number of H-pyrrole nitrogens is 2. The quantitative estimate of drug-likeness (QED) is 0.273. The van der Waals surface area contributed by atoms with Crippen molar-refractivity contribution in [1.82, 2.24) is 15.3 Å². The molecule has 10 nitrogen and oxygen atoms in total. The van der Waals surface area contributed by atoms with E-state index < -0.39 is 11.9 Å². The monoisotopic (exact) mass is 582 g/mol. The van der Waals surface area contributed by atoms with Crippen molar-refractivity contribution in [2.75, 3.05) is 0 Å². The van der Waals surface area contributed by atoms with Crippen molar-refractivity contribution < 1.29 is 29.4 Å². The first kappa shape index (κ1) is 30.7. The van der Waals surface area contributed by atoms with Crippen molar-refractivity contribution in [3.05, 3.63) is 97.6 Å². The normalized spacial score (nSPS) is 16.9. The van der Waals surface area contributed by atoms with Crippen LogP contribution < -0.4 is 16.0 Å². The molecule has 2 aromatic rings. The van der Waals surface area contributed by atoms with Gasteiger partial charge in [0.15, 0.2) is 0 Å². The number of hydrogen-bond donors (Lipinski definition) is 5. The number of carboxylic acid groups (broad SMARTS) is 2. The molecule has 0 spiro atoms. The van der Waals surface area contributed by atoms with E-state index in [1.54, 1.807) is 32.1 Å². The number of carboxylic acids is 2. The van der Waals surface area contributed by atoms with Crippen LogP contribution in [0.3, 0.4) is 0 Å². The molecule has 2 aromatic heterocycles. The zero-order valence-corrected chi connectivity index (χ0v) is 24.6. The molecule has 0 atom stereocenters. The lowest BCUT2D eigenvalue weighted by atomic mass is 10.0. The first-order valence-corrected chi connectivity index (χ1v) is 13.8. The van der Waals surface area contributed by atoms with Crippen molar-refractivity contribution in [3.8, 4) is 0 Å². The van der Waals surface area contributed by atoms with Gasteiger partial charge in [-0.05, 0) is 86.6 Å². The summed E-state index contributed by atoms with van der Waals surface area (Å²) in [5.41, 5.74) is 7.97. The van der Waals surface area contributed by atoms with Gasteiger partial charge in [0.05, 0.1) is 11.4 Å². The number of nitrogens with zero attached hydrogens (tertiary/aromatic N) is 1. The van der Waals surface area contributed by atoms with Gasteiger partial charge in [0, 0.05) is 51.6 Å². The number of allylic oxidation sites excluding steroid dienone is 2. The molecule has 0 aromatic carbocycles. The predicted octanol–water partition coefficient (Wildman–Crippen LogP) is 3.06. The number of aliphatic imine (C=N–C) groups is 1. The lowest BCUT2D eigenvalue weighted by molar-refractivity contribution is -0.138. The van der Waals surface area contributed by atoms with Gasteiger partial charge in [0.25, 0.3) is 11.8 Å². The molecule has 0 fully saturated rings. The van der Waals surface area contributed by atoms with Crippen LogP contribution in [0.5, 0.6) is 0 Å². The molecule has 0 aliphatic carbocycles. The molecule has 43 heavy (non-hydrogen) atoms. The van der Waals surface area contributed by atoms with Crippen LogP contribution in [0.25, 0.3) is 18.2 Å². The minimum atomic E-state index is -0.941. The molecule has 222 valence electrons. The summed E-state index contributed by atoms with van der Waals surface area (Å²) in [5, 5.41) is 23.0. The first-order valence-electron chi connectivity index (χ1n) is 13.8. The second-order valence-corrected chi connectivity index (χ2v) is 10.5. The van der Waals surface area contributed by atoms with Crippen LogP contribution in [-0.4, -0.2) is 49.6 Å². The number of carbonyl (C=O) groups excluding carboxylic acids is 2. The van der Waals surface area contributed by atoms with Crippen LogP contribution in [0.4, 0.5) is 0 Å². The Morgan fingerprint density at radius 3 is 1.98 bits per heavy atom. The first-order chi connectivity index (χ1) is 20.4. The van der Waals surface area contributed by atoms with E-state index in [1.165, 1.54) is 6.08 Å². The summed E-state index contributed by atoms with van der Waals surface area (Å²) in [5.74, 6) is -2.46. The molecule has 2 aliphatic heterocycles. The molecule has 4 rings (SSSR count). The largest absolute Gasteiger partial charge is 0.481 e. The van der Waals surface area contributed by atoms with Crippen LogP contribution in [0.15, 0.2) is 58.3 Å². The molecule has 0 radical (unpaired) electrons. The van der Waals surface area contributed by atoms with Crippen molar-refractivity contribution in [2.24, 2.45) is 4.99 Å². The summed E-state index contributed by atoms with van der Waals surface area (Å²) in [4.78, 5) is 58.4. The van der Waals surface area contributed by atoms with E-state index in [0.717, 1.165) is 22.3 Å². The van der Waals surface area contributed by atoms with Crippen LogP contribution >= 0.6 is 0 Å². The van der Waals surface area contributed by atoms with Gasteiger partial charge in [-0.25, -0.2) is 4.99 Å². The Morgan fingerprint density at radius 2 is 1.40 bits per heavy atom. The minimum Gasteiger partial charge on any atom is -0.481 e. The van der Waals surface area contributed by atoms with E-state index in [1.807, 2.05) is 19.9 Å². The van der Waals surface area contributed by atoms with E-state index in [0.29, 0.717) is 55.8 Å². The van der Waals surface area contributed by atoms with Crippen LogP contribution in [0, 0.1) is 13.8 Å². The second-order valence-electron chi connectivity index (χ2n) is 10.5. The molecule has 5 N–H and O–H groups in total. The van der Waals surface area contributed by atoms with Gasteiger partial charge in [-0.15, -0.1) is 0 Å². The molecular formula is C33H34N4O6. The van der Waals surface area contributed by atoms with Gasteiger partial charge in [0.1, 0.15) is 0 Å². The van der Waals surface area contributed by atoms with Crippen molar-refractivity contribution in [2.45, 2.75) is 53.4 Å². The highest BCUT2D eigenvalue weighted by Crippen LogP contribution is 2.27. The van der Waals surface area contributed by atoms with E-state index in [-0.39, 0.29) is 37.5 Å². The maximum absolute atomic E-state index is 12.3. The highest BCUT2D eigenvalue weighted by atomic mass is 16.4. The Labute approximate surface area is 248 Å². The van der Waals surface area contributed by atoms with Gasteiger partial charge in [-0.2, -0.15) is 0 Å². The zero-order valence-electron chi connectivity index (χ0n) is 24.6. The van der Waals surface area contributed by atoms with E-state index in [9.17, 15) is 29.4 Å². The maximum atomic E-state index is 12.3. The fourth-order valence-corrected chi connectivity index (χ4v) is 5.34. The second kappa shape index (κ2) is 12.3. The van der Waals surface area contributed by atoms with E-state index in [2.05, 4.69) is 33.4 Å². The van der Waals surface area contributed by atoms with Crippen molar-refractivity contribution in [1.29, 1.82) is 0 Å². The van der Waals surface area contributed by atoms with Gasteiger partial charge < -0.3 is 25.5 Å². The third-order valence-electron chi connectivity index (χ3n) is 7.87. The van der Waals surface area contributed by atoms with Gasteiger partial charge in [-0.1, -0.05) is 25.3 Å². The average molecular weight is 583 g/mol. The Bertz CT molecular complexity index is 1860. The van der Waals surface area contributed by atoms with Gasteiger partial charge in [0.2, 0.25) is 0 Å². The van der Waals surface area contributed by atoms with Crippen LogP contribution in [0.2, 0.25) is 0 Å². The van der Waals surface area contributed by atoms with Gasteiger partial charge >= 0.3 is 11.9 Å². The Kier molecular flexibility index (Phi) is 8.80. The fraction of sp³-hybridized carbons (Fsp3) is 0.242. The van der Waals surface area contributed by atoms with Crippen LogP contribution in [-0.2, 0) is 32.0 Å². The van der Waals surface area contributed by atoms with Crippen LogP contribution in [0.1, 0.15) is 60.3 Å². The summed E-state index contributed by atoms with van der Waals surface area (Å²) >= 11 is 0. The summed E-state index contributed by atoms with van der Waals surface area (Å²) in [7, 11) is 0. The molecule has 0 unspecified atom stereocenters. The Balaban J connectivity index is 1.92. The summed E-state index contributed by atoms with van der Waals surface area (Å²) in [6.45, 7) is 14.8. The molecule has 0 saturated heterocycles. The third-order valence-corrected chi connectivity index (χ3v) is 7.87. The molecule has 10 heteroatoms. The highest BCUT2D eigenvalue weighted by Gasteiger charge is 2.23. The fourth-order valence-electron chi connectivity index (χ4n) is 5.34. The Hall–Kier alpha value is -5.25. The molecule has 4 heterocycles. The van der Waals surface area contributed by atoms with E-state index in [4.69, 9.17) is 0 Å². The number of aromatic nitrogens is 2. The molecule has 2 amide bonds. The minimum absolute atomic E-state index is 0.0943.